The summed E-state index contributed by atoms with van der Waals surface area (Å²) in [6, 6.07) is 11.2. The largest absolute Gasteiger partial charge is 0.443 e. The second-order valence-corrected chi connectivity index (χ2v) is 7.88. The fourth-order valence-electron chi connectivity index (χ4n) is 2.99. The van der Waals surface area contributed by atoms with Gasteiger partial charge in [-0.15, -0.1) is 0 Å². The van der Waals surface area contributed by atoms with Crippen LogP contribution in [0.15, 0.2) is 42.1 Å². The van der Waals surface area contributed by atoms with E-state index >= 15 is 0 Å². The third kappa shape index (κ3) is 4.84. The molecule has 1 amide bonds. The molecule has 1 saturated carbocycles. The van der Waals surface area contributed by atoms with Crippen LogP contribution in [-0.2, 0) is 11.2 Å². The van der Waals surface area contributed by atoms with Crippen molar-refractivity contribution in [2.45, 2.75) is 51.7 Å². The second kappa shape index (κ2) is 6.98. The Balaban J connectivity index is 1.67. The highest BCUT2D eigenvalue weighted by Gasteiger charge is 2.31. The lowest BCUT2D eigenvalue weighted by Gasteiger charge is -2.24. The van der Waals surface area contributed by atoms with Crippen LogP contribution in [0.1, 0.15) is 39.2 Å². The quantitative estimate of drug-likeness (QED) is 0.895. The molecule has 3 rings (SSSR count). The van der Waals surface area contributed by atoms with Crippen LogP contribution in [0, 0.1) is 5.92 Å². The Hall–Kier alpha value is -1.81. The molecule has 0 aromatic heterocycles. The number of hydrogen-bond acceptors (Lipinski definition) is 3. The minimum Gasteiger partial charge on any atom is -0.443 e. The smallest absolute Gasteiger partial charge is 0.414 e. The monoisotopic (exact) mass is 328 g/mol. The lowest BCUT2D eigenvalue weighted by Crippen LogP contribution is -2.33. The molecule has 130 valence electrons. The number of ether oxygens (including phenoxy) is 1. The van der Waals surface area contributed by atoms with Gasteiger partial charge >= 0.3 is 6.09 Å². The molecule has 1 aliphatic heterocycles. The van der Waals surface area contributed by atoms with Crippen molar-refractivity contribution in [1.82, 2.24) is 10.2 Å². The van der Waals surface area contributed by atoms with Gasteiger partial charge in [0.15, 0.2) is 0 Å². The van der Waals surface area contributed by atoms with Gasteiger partial charge in [0.25, 0.3) is 0 Å². The molecule has 0 unspecified atom stereocenters. The Morgan fingerprint density at radius 2 is 1.96 bits per heavy atom. The van der Waals surface area contributed by atoms with Gasteiger partial charge in [0.2, 0.25) is 0 Å². The van der Waals surface area contributed by atoms with E-state index in [0.717, 1.165) is 13.0 Å². The first-order valence-electron chi connectivity index (χ1n) is 8.88. The molecule has 0 spiro atoms. The first-order valence-corrected chi connectivity index (χ1v) is 8.88. The molecule has 2 aliphatic rings. The number of nitrogens with zero attached hydrogens (tertiary/aromatic N) is 1. The van der Waals surface area contributed by atoms with Crippen LogP contribution in [0.25, 0.3) is 0 Å². The summed E-state index contributed by atoms with van der Waals surface area (Å²) in [6.07, 6.45) is 5.25. The topological polar surface area (TPSA) is 41.6 Å². The fraction of sp³-hybridized carbons (Fsp3) is 0.550. The number of benzene rings is 1. The highest BCUT2D eigenvalue weighted by Crippen LogP contribution is 2.28. The summed E-state index contributed by atoms with van der Waals surface area (Å²) in [5.41, 5.74) is 2.15. The van der Waals surface area contributed by atoms with Gasteiger partial charge < -0.3 is 10.1 Å². The van der Waals surface area contributed by atoms with Crippen molar-refractivity contribution in [3.63, 3.8) is 0 Å². The maximum Gasteiger partial charge on any atom is 0.414 e. The van der Waals surface area contributed by atoms with Crippen LogP contribution in [0.4, 0.5) is 4.79 Å². The van der Waals surface area contributed by atoms with Gasteiger partial charge in [-0.3, -0.25) is 4.90 Å². The standard InChI is InChI=1S/C20H28N2O2/c1-20(2,3)24-19(23)22-13-16(11-15-7-5-4-6-8-15)17(14-22)12-21-18-9-10-18/h4-8,14,16,18,21H,9-13H2,1-3H3/t16-/m1/s1. The number of carbonyl (C=O) groups is 1. The fourth-order valence-corrected chi connectivity index (χ4v) is 2.99. The Bertz CT molecular complexity index is 600. The van der Waals surface area contributed by atoms with Crippen LogP contribution in [0.5, 0.6) is 0 Å². The summed E-state index contributed by atoms with van der Waals surface area (Å²) >= 11 is 0. The predicted octanol–water partition coefficient (Wildman–Crippen LogP) is 3.73. The molecule has 1 aromatic carbocycles. The molecule has 0 saturated heterocycles. The second-order valence-electron chi connectivity index (χ2n) is 7.88. The Morgan fingerprint density at radius 1 is 1.25 bits per heavy atom. The van der Waals surface area contributed by atoms with E-state index in [1.165, 1.54) is 24.0 Å². The highest BCUT2D eigenvalue weighted by atomic mass is 16.6. The van der Waals surface area contributed by atoms with Gasteiger partial charge in [0.1, 0.15) is 5.60 Å². The van der Waals surface area contributed by atoms with Gasteiger partial charge in [-0.05, 0) is 51.2 Å². The van der Waals surface area contributed by atoms with Crippen LogP contribution in [0.2, 0.25) is 0 Å². The average Bonchev–Trinajstić information content (AvgIpc) is 3.25. The van der Waals surface area contributed by atoms with E-state index in [0.29, 0.717) is 18.5 Å². The summed E-state index contributed by atoms with van der Waals surface area (Å²) in [6.45, 7) is 7.28. The molecule has 1 atom stereocenters. The molecule has 0 radical (unpaired) electrons. The van der Waals surface area contributed by atoms with E-state index < -0.39 is 5.60 Å². The van der Waals surface area contributed by atoms with Gasteiger partial charge in [-0.25, -0.2) is 4.79 Å². The molecule has 24 heavy (non-hydrogen) atoms. The first-order chi connectivity index (χ1) is 11.4. The molecule has 1 heterocycles. The van der Waals surface area contributed by atoms with Crippen molar-refractivity contribution in [2.24, 2.45) is 5.92 Å². The third-order valence-corrected chi connectivity index (χ3v) is 4.39. The summed E-state index contributed by atoms with van der Waals surface area (Å²) in [5.74, 6) is 0.353. The molecular formula is C20H28N2O2. The number of amides is 1. The Morgan fingerprint density at radius 3 is 2.58 bits per heavy atom. The number of nitrogens with one attached hydrogen (secondary N) is 1. The molecule has 1 fully saturated rings. The van der Waals surface area contributed by atoms with E-state index in [9.17, 15) is 4.79 Å². The van der Waals surface area contributed by atoms with E-state index in [4.69, 9.17) is 4.74 Å². The predicted molar refractivity (Wildman–Crippen MR) is 95.7 cm³/mol. The van der Waals surface area contributed by atoms with Crippen molar-refractivity contribution in [2.75, 3.05) is 13.1 Å². The molecule has 1 N–H and O–H groups in total. The van der Waals surface area contributed by atoms with Crippen LogP contribution < -0.4 is 5.32 Å². The summed E-state index contributed by atoms with van der Waals surface area (Å²) in [5, 5.41) is 3.57. The van der Waals surface area contributed by atoms with Gasteiger partial charge in [-0.1, -0.05) is 30.3 Å². The van der Waals surface area contributed by atoms with Crippen LogP contribution >= 0.6 is 0 Å². The molecular weight excluding hydrogens is 300 g/mol. The first kappa shape index (κ1) is 17.0. The third-order valence-electron chi connectivity index (χ3n) is 4.39. The zero-order chi connectivity index (χ0) is 17.2. The van der Waals surface area contributed by atoms with Crippen molar-refractivity contribution < 1.29 is 9.53 Å². The molecule has 1 aliphatic carbocycles. The number of carbonyl (C=O) groups excluding carboxylic acids is 1. The number of rotatable bonds is 5. The van der Waals surface area contributed by atoms with Gasteiger partial charge in [0.05, 0.1) is 0 Å². The van der Waals surface area contributed by atoms with Gasteiger partial charge in [-0.2, -0.15) is 0 Å². The van der Waals surface area contributed by atoms with Crippen molar-refractivity contribution >= 4 is 6.09 Å². The normalized spacial score (nSPS) is 20.9. The van der Waals surface area contributed by atoms with Crippen molar-refractivity contribution in [3.8, 4) is 0 Å². The van der Waals surface area contributed by atoms with Crippen molar-refractivity contribution in [3.05, 3.63) is 47.7 Å². The SMILES string of the molecule is CC(C)(C)OC(=O)N1C=C(CNC2CC2)[C@H](Cc2ccccc2)C1. The van der Waals surface area contributed by atoms with E-state index in [2.05, 4.69) is 29.6 Å². The van der Waals surface area contributed by atoms with Gasteiger partial charge in [0, 0.05) is 31.2 Å². The van der Waals surface area contributed by atoms with E-state index in [1.54, 1.807) is 4.90 Å². The average molecular weight is 328 g/mol. The zero-order valence-corrected chi connectivity index (χ0v) is 14.9. The summed E-state index contributed by atoms with van der Waals surface area (Å²) in [7, 11) is 0. The maximum atomic E-state index is 12.4. The zero-order valence-electron chi connectivity index (χ0n) is 14.9. The van der Waals surface area contributed by atoms with E-state index in [-0.39, 0.29) is 6.09 Å². The number of hydrogen-bond donors (Lipinski definition) is 1. The molecule has 1 aromatic rings. The Kier molecular flexibility index (Phi) is 4.95. The molecule has 4 heteroatoms. The lowest BCUT2D eigenvalue weighted by atomic mass is 9.94. The minimum atomic E-state index is -0.463. The van der Waals surface area contributed by atoms with E-state index in [1.807, 2.05) is 33.0 Å². The van der Waals surface area contributed by atoms with Crippen molar-refractivity contribution in [1.29, 1.82) is 0 Å². The minimum absolute atomic E-state index is 0.248. The molecule has 4 nitrogen and oxygen atoms in total. The summed E-state index contributed by atoms with van der Waals surface area (Å²) < 4.78 is 5.53. The van der Waals surface area contributed by atoms with Crippen LogP contribution in [0.3, 0.4) is 0 Å². The summed E-state index contributed by atoms with van der Waals surface area (Å²) in [4.78, 5) is 14.1. The maximum absolute atomic E-state index is 12.4. The Labute approximate surface area is 144 Å². The van der Waals surface area contributed by atoms with Crippen LogP contribution in [-0.4, -0.2) is 35.7 Å². The highest BCUT2D eigenvalue weighted by molar-refractivity contribution is 5.70. The molecule has 0 bridgehead atoms. The lowest BCUT2D eigenvalue weighted by molar-refractivity contribution is 0.0338.